The van der Waals surface area contributed by atoms with Crippen molar-refractivity contribution in [2.24, 2.45) is 0 Å². The summed E-state index contributed by atoms with van der Waals surface area (Å²) in [6.07, 6.45) is 1.66. The Labute approximate surface area is 91.2 Å². The Balaban J connectivity index is 3.29. The Kier molecular flexibility index (Phi) is 3.88. The van der Waals surface area contributed by atoms with Crippen LogP contribution in [0, 0.1) is 6.92 Å². The van der Waals surface area contributed by atoms with Crippen LogP contribution in [0.4, 0.5) is 0 Å². The molecule has 84 valence electrons. The second-order valence-corrected chi connectivity index (χ2v) is 5.16. The fraction of sp³-hybridized carbons (Fsp3) is 0.455. The Morgan fingerprint density at radius 3 is 2.53 bits per heavy atom. The number of rotatable bonds is 4. The molecule has 1 aromatic rings. The maximum absolute atomic E-state index is 11.6. The predicted molar refractivity (Wildman–Crippen MR) is 59.4 cm³/mol. The van der Waals surface area contributed by atoms with Crippen molar-refractivity contribution in [2.45, 2.75) is 31.6 Å². The lowest BCUT2D eigenvalue weighted by Crippen LogP contribution is -2.06. The Bertz CT molecular complexity index is 435. The van der Waals surface area contributed by atoms with Crippen LogP contribution in [0.5, 0.6) is 0 Å². The molecule has 0 heterocycles. The summed E-state index contributed by atoms with van der Waals surface area (Å²) in [6.45, 7) is 3.97. The first kappa shape index (κ1) is 12.2. The van der Waals surface area contributed by atoms with Crippen LogP contribution in [0.3, 0.4) is 0 Å². The van der Waals surface area contributed by atoms with Crippen LogP contribution in [-0.4, -0.2) is 15.5 Å². The summed E-state index contributed by atoms with van der Waals surface area (Å²) >= 11 is 0. The predicted octanol–water partition coefficient (Wildman–Crippen LogP) is 2.28. The highest BCUT2D eigenvalue weighted by Crippen LogP contribution is 2.20. The van der Waals surface area contributed by atoms with Gasteiger partial charge in [-0.2, -0.15) is 8.42 Å². The first-order chi connectivity index (χ1) is 7.01. The fourth-order valence-electron chi connectivity index (χ4n) is 1.51. The molecule has 0 aromatic heterocycles. The molecule has 0 saturated heterocycles. The van der Waals surface area contributed by atoms with Crippen molar-refractivity contribution in [3.63, 3.8) is 0 Å². The van der Waals surface area contributed by atoms with E-state index in [1.807, 2.05) is 19.9 Å². The lowest BCUT2D eigenvalue weighted by molar-refractivity contribution is 0.397. The van der Waals surface area contributed by atoms with E-state index in [2.05, 4.69) is 4.18 Å². The molecular formula is C11H16O3S. The van der Waals surface area contributed by atoms with Crippen LogP contribution < -0.4 is 0 Å². The van der Waals surface area contributed by atoms with E-state index in [0.29, 0.717) is 0 Å². The monoisotopic (exact) mass is 228 g/mol. The lowest BCUT2D eigenvalue weighted by Gasteiger charge is -2.08. The largest absolute Gasteiger partial charge is 0.296 e. The van der Waals surface area contributed by atoms with Gasteiger partial charge in [0.1, 0.15) is 0 Å². The summed E-state index contributed by atoms with van der Waals surface area (Å²) in [5.74, 6) is 0. The molecule has 4 heteroatoms. The van der Waals surface area contributed by atoms with Crippen molar-refractivity contribution < 1.29 is 12.6 Å². The average molecular weight is 228 g/mol. The van der Waals surface area contributed by atoms with Crippen molar-refractivity contribution in [2.75, 3.05) is 7.11 Å². The first-order valence-electron chi connectivity index (χ1n) is 4.91. The molecule has 0 aliphatic heterocycles. The summed E-state index contributed by atoms with van der Waals surface area (Å²) in [7, 11) is -2.38. The molecule has 0 radical (unpaired) electrons. The van der Waals surface area contributed by atoms with E-state index in [1.165, 1.54) is 7.11 Å². The Hall–Kier alpha value is -0.870. The zero-order valence-corrected chi connectivity index (χ0v) is 10.1. The van der Waals surface area contributed by atoms with Gasteiger partial charge in [-0.3, -0.25) is 4.18 Å². The zero-order valence-electron chi connectivity index (χ0n) is 9.28. The van der Waals surface area contributed by atoms with Gasteiger partial charge >= 0.3 is 0 Å². The topological polar surface area (TPSA) is 43.4 Å². The minimum Gasteiger partial charge on any atom is -0.270 e. The normalized spacial score (nSPS) is 11.7. The average Bonchev–Trinajstić information content (AvgIpc) is 2.18. The molecule has 1 rings (SSSR count). The van der Waals surface area contributed by atoms with E-state index >= 15 is 0 Å². The molecule has 0 amide bonds. The van der Waals surface area contributed by atoms with Gasteiger partial charge < -0.3 is 0 Å². The van der Waals surface area contributed by atoms with E-state index in [0.717, 1.165) is 24.0 Å². The molecule has 0 bridgehead atoms. The molecular weight excluding hydrogens is 212 g/mol. The molecule has 0 aliphatic rings. The molecule has 0 aliphatic carbocycles. The van der Waals surface area contributed by atoms with Crippen molar-refractivity contribution in [3.05, 3.63) is 29.3 Å². The molecule has 0 saturated carbocycles. The minimum atomic E-state index is -3.57. The highest BCUT2D eigenvalue weighted by atomic mass is 32.2. The third-order valence-corrected chi connectivity index (χ3v) is 3.60. The van der Waals surface area contributed by atoms with Gasteiger partial charge in [0.05, 0.1) is 12.0 Å². The first-order valence-corrected chi connectivity index (χ1v) is 6.32. The maximum Gasteiger partial charge on any atom is 0.296 e. The lowest BCUT2D eigenvalue weighted by atomic mass is 10.1. The van der Waals surface area contributed by atoms with Crippen LogP contribution in [0.2, 0.25) is 0 Å². The van der Waals surface area contributed by atoms with Crippen LogP contribution in [-0.2, 0) is 20.7 Å². The number of aryl methyl sites for hydroxylation is 2. The van der Waals surface area contributed by atoms with E-state index < -0.39 is 10.1 Å². The van der Waals surface area contributed by atoms with Crippen LogP contribution in [0.15, 0.2) is 23.1 Å². The summed E-state index contributed by atoms with van der Waals surface area (Å²) < 4.78 is 27.7. The molecule has 3 nitrogen and oxygen atoms in total. The van der Waals surface area contributed by atoms with Gasteiger partial charge in [-0.1, -0.05) is 31.0 Å². The van der Waals surface area contributed by atoms with Gasteiger partial charge in [0.2, 0.25) is 0 Å². The van der Waals surface area contributed by atoms with E-state index in [1.54, 1.807) is 12.1 Å². The van der Waals surface area contributed by atoms with Gasteiger partial charge in [-0.15, -0.1) is 0 Å². The van der Waals surface area contributed by atoms with Crippen molar-refractivity contribution in [1.82, 2.24) is 0 Å². The fourth-order valence-corrected chi connectivity index (χ4v) is 2.40. The Morgan fingerprint density at radius 1 is 1.33 bits per heavy atom. The number of benzene rings is 1. The van der Waals surface area contributed by atoms with Gasteiger partial charge in [0, 0.05) is 0 Å². The molecule has 0 N–H and O–H groups in total. The van der Waals surface area contributed by atoms with E-state index in [4.69, 9.17) is 0 Å². The minimum absolute atomic E-state index is 0.289. The SMILES string of the molecule is CCCc1cc(C)ccc1S(=O)(=O)OC. The molecule has 15 heavy (non-hydrogen) atoms. The standard InChI is InChI=1S/C11H16O3S/c1-4-5-10-8-9(2)6-7-11(10)15(12,13)14-3/h6-8H,4-5H2,1-3H3. The van der Waals surface area contributed by atoms with Crippen LogP contribution >= 0.6 is 0 Å². The molecule has 0 atom stereocenters. The van der Waals surface area contributed by atoms with Gasteiger partial charge in [0.15, 0.2) is 0 Å². The highest BCUT2D eigenvalue weighted by molar-refractivity contribution is 7.86. The number of hydrogen-bond donors (Lipinski definition) is 0. The van der Waals surface area contributed by atoms with Crippen LogP contribution in [0.1, 0.15) is 24.5 Å². The van der Waals surface area contributed by atoms with Crippen LogP contribution in [0.25, 0.3) is 0 Å². The Morgan fingerprint density at radius 2 is 2.00 bits per heavy atom. The highest BCUT2D eigenvalue weighted by Gasteiger charge is 2.17. The van der Waals surface area contributed by atoms with Gasteiger partial charge in [-0.25, -0.2) is 0 Å². The maximum atomic E-state index is 11.6. The summed E-state index contributed by atoms with van der Waals surface area (Å²) in [4.78, 5) is 0.289. The van der Waals surface area contributed by atoms with Gasteiger partial charge in [0.25, 0.3) is 10.1 Å². The quantitative estimate of drug-likeness (QED) is 0.742. The second-order valence-electron chi connectivity index (χ2n) is 3.48. The summed E-state index contributed by atoms with van der Waals surface area (Å²) in [5.41, 5.74) is 1.90. The zero-order chi connectivity index (χ0) is 11.5. The second kappa shape index (κ2) is 4.77. The third kappa shape index (κ3) is 2.79. The van der Waals surface area contributed by atoms with E-state index in [-0.39, 0.29) is 4.90 Å². The smallest absolute Gasteiger partial charge is 0.270 e. The molecule has 0 unspecified atom stereocenters. The van der Waals surface area contributed by atoms with Crippen molar-refractivity contribution >= 4 is 10.1 Å². The molecule has 0 fully saturated rings. The number of hydrogen-bond acceptors (Lipinski definition) is 3. The molecule has 1 aromatic carbocycles. The summed E-state index contributed by atoms with van der Waals surface area (Å²) in [5, 5.41) is 0. The molecule has 0 spiro atoms. The summed E-state index contributed by atoms with van der Waals surface area (Å²) in [6, 6.07) is 5.29. The van der Waals surface area contributed by atoms with E-state index in [9.17, 15) is 8.42 Å². The van der Waals surface area contributed by atoms with Crippen molar-refractivity contribution in [3.8, 4) is 0 Å². The third-order valence-electron chi connectivity index (χ3n) is 2.22. The van der Waals surface area contributed by atoms with Crippen molar-refractivity contribution in [1.29, 1.82) is 0 Å². The van der Waals surface area contributed by atoms with Gasteiger partial charge in [-0.05, 0) is 25.0 Å².